The summed E-state index contributed by atoms with van der Waals surface area (Å²) in [5, 5.41) is 8.16. The summed E-state index contributed by atoms with van der Waals surface area (Å²) in [4.78, 5) is 23.0. The third-order valence-electron chi connectivity index (χ3n) is 2.54. The molecule has 0 spiro atoms. The number of alkyl carbamates (subject to hydrolysis) is 1. The van der Waals surface area contributed by atoms with E-state index in [1.807, 2.05) is 20.8 Å². The normalized spacial score (nSPS) is 12.4. The highest BCUT2D eigenvalue weighted by molar-refractivity contribution is 6.24. The second-order valence-corrected chi connectivity index (χ2v) is 5.61. The van der Waals surface area contributed by atoms with Gasteiger partial charge in [0, 0.05) is 20.7 Å². The standard InChI is InChI=1S/C13H27BN3O4/c1-13(2,3)21-12(19)16-9-7-6-8-10(11(18)15-4)17-14-20-5/h10,17H,6-9H2,1-5H3,(H,15,18)(H,16,19). The zero-order valence-electron chi connectivity index (χ0n) is 13.6. The number of unbranched alkanes of at least 4 members (excludes halogenated alkanes) is 1. The molecule has 8 heteroatoms. The first-order chi connectivity index (χ1) is 9.80. The van der Waals surface area contributed by atoms with E-state index in [0.717, 1.165) is 12.8 Å². The molecular formula is C13H27BN3O4. The maximum atomic E-state index is 11.6. The van der Waals surface area contributed by atoms with Gasteiger partial charge in [-0.15, -0.1) is 0 Å². The predicted octanol–water partition coefficient (Wildman–Crippen LogP) is 0.566. The van der Waals surface area contributed by atoms with Crippen molar-refractivity contribution in [3.05, 3.63) is 0 Å². The molecule has 0 fully saturated rings. The average molecular weight is 300 g/mol. The second-order valence-electron chi connectivity index (χ2n) is 5.61. The van der Waals surface area contributed by atoms with Gasteiger partial charge in [0.05, 0.1) is 6.04 Å². The molecule has 7 nitrogen and oxygen atoms in total. The van der Waals surface area contributed by atoms with Crippen molar-refractivity contribution in [3.8, 4) is 0 Å². The van der Waals surface area contributed by atoms with E-state index < -0.39 is 11.7 Å². The van der Waals surface area contributed by atoms with E-state index in [1.54, 1.807) is 7.05 Å². The highest BCUT2D eigenvalue weighted by atomic mass is 16.6. The van der Waals surface area contributed by atoms with Gasteiger partial charge in [-0.2, -0.15) is 0 Å². The largest absolute Gasteiger partial charge is 0.444 e. The van der Waals surface area contributed by atoms with Crippen LogP contribution in [0.2, 0.25) is 0 Å². The number of carbonyl (C=O) groups excluding carboxylic acids is 2. The van der Waals surface area contributed by atoms with Gasteiger partial charge in [-0.25, -0.2) is 4.79 Å². The molecule has 0 aliphatic rings. The molecule has 0 aromatic carbocycles. The Bertz CT molecular complexity index is 321. The third kappa shape index (κ3) is 11.1. The molecule has 0 saturated carbocycles. The fraction of sp³-hybridized carbons (Fsp3) is 0.846. The number of ether oxygens (including phenoxy) is 1. The Morgan fingerprint density at radius 3 is 2.43 bits per heavy atom. The first kappa shape index (κ1) is 19.7. The molecule has 21 heavy (non-hydrogen) atoms. The molecule has 121 valence electrons. The Labute approximate surface area is 127 Å². The Morgan fingerprint density at radius 1 is 1.24 bits per heavy atom. The monoisotopic (exact) mass is 300 g/mol. The molecule has 1 radical (unpaired) electrons. The summed E-state index contributed by atoms with van der Waals surface area (Å²) in [6.45, 7) is 5.97. The van der Waals surface area contributed by atoms with Crippen LogP contribution in [0.25, 0.3) is 0 Å². The molecule has 0 aromatic heterocycles. The topological polar surface area (TPSA) is 88.7 Å². The van der Waals surface area contributed by atoms with Crippen molar-refractivity contribution in [3.63, 3.8) is 0 Å². The van der Waals surface area contributed by atoms with Crippen LogP contribution in [0.3, 0.4) is 0 Å². The molecule has 3 N–H and O–H groups in total. The van der Waals surface area contributed by atoms with Crippen molar-refractivity contribution >= 4 is 19.6 Å². The number of amides is 2. The predicted molar refractivity (Wildman–Crippen MR) is 81.8 cm³/mol. The Balaban J connectivity index is 3.84. The van der Waals surface area contributed by atoms with Crippen molar-refractivity contribution in [2.45, 2.75) is 51.7 Å². The molecule has 1 unspecified atom stereocenters. The van der Waals surface area contributed by atoms with Gasteiger partial charge in [0.2, 0.25) is 5.91 Å². The van der Waals surface area contributed by atoms with Crippen LogP contribution in [0.15, 0.2) is 0 Å². The molecule has 0 rings (SSSR count). The van der Waals surface area contributed by atoms with E-state index in [-0.39, 0.29) is 11.9 Å². The molecule has 2 amide bonds. The number of rotatable bonds is 9. The fourth-order valence-corrected chi connectivity index (χ4v) is 1.59. The van der Waals surface area contributed by atoms with Crippen LogP contribution in [-0.4, -0.2) is 52.0 Å². The van der Waals surface area contributed by atoms with Crippen LogP contribution in [0, 0.1) is 0 Å². The summed E-state index contributed by atoms with van der Waals surface area (Å²) in [5.74, 6) is -0.0941. The molecule has 0 bridgehead atoms. The van der Waals surface area contributed by atoms with Crippen molar-refractivity contribution in [1.29, 1.82) is 0 Å². The van der Waals surface area contributed by atoms with E-state index in [1.165, 1.54) is 14.7 Å². The molecule has 0 aromatic rings. The lowest BCUT2D eigenvalue weighted by molar-refractivity contribution is -0.122. The lowest BCUT2D eigenvalue weighted by atomic mass is 10.1. The highest BCUT2D eigenvalue weighted by Gasteiger charge is 2.17. The van der Waals surface area contributed by atoms with Gasteiger partial charge in [0.25, 0.3) is 0 Å². The Hall–Kier alpha value is -1.28. The first-order valence-corrected chi connectivity index (χ1v) is 7.09. The zero-order chi connectivity index (χ0) is 16.3. The average Bonchev–Trinajstić information content (AvgIpc) is 2.39. The van der Waals surface area contributed by atoms with Crippen LogP contribution in [0.4, 0.5) is 4.79 Å². The van der Waals surface area contributed by atoms with E-state index in [4.69, 9.17) is 9.39 Å². The highest BCUT2D eigenvalue weighted by Crippen LogP contribution is 2.06. The SMILES string of the molecule is CNC(=O)C(CCCCNC(=O)OC(C)(C)C)N[B]OC. The van der Waals surface area contributed by atoms with Gasteiger partial charge < -0.3 is 25.3 Å². The van der Waals surface area contributed by atoms with E-state index >= 15 is 0 Å². The summed E-state index contributed by atoms with van der Waals surface area (Å²) in [6, 6.07) is -0.337. The summed E-state index contributed by atoms with van der Waals surface area (Å²) in [7, 11) is 4.49. The Kier molecular flexibility index (Phi) is 9.82. The van der Waals surface area contributed by atoms with Gasteiger partial charge in [-0.1, -0.05) is 0 Å². The quantitative estimate of drug-likeness (QED) is 0.428. The number of hydrogen-bond acceptors (Lipinski definition) is 5. The van der Waals surface area contributed by atoms with Gasteiger partial charge in [0.15, 0.2) is 0 Å². The molecule has 0 heterocycles. The molecule has 1 atom stereocenters. The van der Waals surface area contributed by atoms with Crippen molar-refractivity contribution in [2.75, 3.05) is 20.7 Å². The summed E-state index contributed by atoms with van der Waals surface area (Å²) < 4.78 is 9.91. The van der Waals surface area contributed by atoms with Crippen molar-refractivity contribution < 1.29 is 19.0 Å². The van der Waals surface area contributed by atoms with Crippen molar-refractivity contribution in [1.82, 2.24) is 15.9 Å². The maximum Gasteiger partial charge on any atom is 0.407 e. The molecule has 0 aliphatic heterocycles. The first-order valence-electron chi connectivity index (χ1n) is 7.09. The minimum absolute atomic E-state index is 0.0941. The van der Waals surface area contributed by atoms with Gasteiger partial charge in [-0.05, 0) is 40.0 Å². The van der Waals surface area contributed by atoms with Crippen LogP contribution in [0.1, 0.15) is 40.0 Å². The van der Waals surface area contributed by atoms with Gasteiger partial charge in [-0.3, -0.25) is 4.79 Å². The summed E-state index contributed by atoms with van der Waals surface area (Å²) in [6.07, 6.45) is 1.78. The zero-order valence-corrected chi connectivity index (χ0v) is 13.6. The van der Waals surface area contributed by atoms with E-state index in [2.05, 4.69) is 15.9 Å². The molecule has 0 saturated heterocycles. The van der Waals surface area contributed by atoms with Crippen LogP contribution in [-0.2, 0) is 14.2 Å². The minimum atomic E-state index is -0.492. The van der Waals surface area contributed by atoms with Crippen LogP contribution < -0.4 is 15.9 Å². The minimum Gasteiger partial charge on any atom is -0.444 e. The van der Waals surface area contributed by atoms with Gasteiger partial charge >= 0.3 is 13.7 Å². The third-order valence-corrected chi connectivity index (χ3v) is 2.54. The molecule has 0 aliphatic carbocycles. The Morgan fingerprint density at radius 2 is 1.90 bits per heavy atom. The number of likely N-dealkylation sites (N-methyl/N-ethyl adjacent to an activating group) is 1. The summed E-state index contributed by atoms with van der Waals surface area (Å²) >= 11 is 0. The van der Waals surface area contributed by atoms with Crippen molar-refractivity contribution in [2.24, 2.45) is 0 Å². The van der Waals surface area contributed by atoms with Crippen LogP contribution >= 0.6 is 0 Å². The smallest absolute Gasteiger partial charge is 0.407 e. The fourth-order valence-electron chi connectivity index (χ4n) is 1.59. The lowest BCUT2D eigenvalue weighted by Gasteiger charge is -2.20. The van der Waals surface area contributed by atoms with E-state index in [9.17, 15) is 9.59 Å². The number of nitrogens with one attached hydrogen (secondary N) is 3. The van der Waals surface area contributed by atoms with Crippen LogP contribution in [0.5, 0.6) is 0 Å². The summed E-state index contributed by atoms with van der Waals surface area (Å²) in [5.41, 5.74) is -0.492. The lowest BCUT2D eigenvalue weighted by Crippen LogP contribution is -2.45. The van der Waals surface area contributed by atoms with Gasteiger partial charge in [0.1, 0.15) is 5.60 Å². The van der Waals surface area contributed by atoms with E-state index in [0.29, 0.717) is 13.0 Å². The number of hydrogen-bond donors (Lipinski definition) is 3. The second kappa shape index (κ2) is 10.5. The molecular weight excluding hydrogens is 273 g/mol. The number of carbonyl (C=O) groups is 2. The maximum absolute atomic E-state index is 11.6.